The van der Waals surface area contributed by atoms with Crippen LogP contribution in [0.25, 0.3) is 0 Å². The minimum Gasteiger partial charge on any atom is -0.508 e. The highest BCUT2D eigenvalue weighted by Crippen LogP contribution is 2.22. The Morgan fingerprint density at radius 3 is 1.28 bits per heavy atom. The highest BCUT2D eigenvalue weighted by atomic mass is 16.3. The molecule has 2 aromatic rings. The first-order chi connectivity index (χ1) is 17.0. The Hall–Kier alpha value is -3.10. The fourth-order valence-corrected chi connectivity index (χ4v) is 4.50. The van der Waals surface area contributed by atoms with Crippen LogP contribution in [-0.4, -0.2) is 47.2 Å². The molecule has 8 N–H and O–H groups in total. The summed E-state index contributed by atoms with van der Waals surface area (Å²) < 4.78 is 0. The number of hydrogen-bond acceptors (Lipinski definition) is 6. The molecular formula is C28H42N4O4. The second kappa shape index (κ2) is 13.8. The van der Waals surface area contributed by atoms with Crippen molar-refractivity contribution < 1.29 is 19.8 Å². The molecule has 2 rings (SSSR count). The number of phenolic OH excluding ortho intramolecular Hbond substituents is 2. The van der Waals surface area contributed by atoms with E-state index in [2.05, 4.69) is 10.6 Å². The molecule has 0 spiro atoms. The van der Waals surface area contributed by atoms with Gasteiger partial charge in [0.05, 0.1) is 12.1 Å². The van der Waals surface area contributed by atoms with E-state index in [1.165, 1.54) is 0 Å². The molecule has 2 aromatic carbocycles. The van der Waals surface area contributed by atoms with Gasteiger partial charge in [0.1, 0.15) is 11.5 Å². The van der Waals surface area contributed by atoms with E-state index in [0.717, 1.165) is 59.1 Å². The highest BCUT2D eigenvalue weighted by Gasteiger charge is 2.18. The molecule has 198 valence electrons. The molecule has 0 aromatic heterocycles. The van der Waals surface area contributed by atoms with Crippen LogP contribution in [0.1, 0.15) is 59.1 Å². The lowest BCUT2D eigenvalue weighted by Crippen LogP contribution is -2.42. The first-order valence-corrected chi connectivity index (χ1v) is 12.6. The third-order valence-electron chi connectivity index (χ3n) is 6.59. The molecule has 0 unspecified atom stereocenters. The molecule has 0 saturated heterocycles. The molecule has 8 nitrogen and oxygen atoms in total. The van der Waals surface area contributed by atoms with Crippen LogP contribution in [-0.2, 0) is 22.4 Å². The van der Waals surface area contributed by atoms with E-state index >= 15 is 0 Å². The van der Waals surface area contributed by atoms with Crippen LogP contribution in [0.2, 0.25) is 0 Å². The number of carbonyl (C=O) groups is 2. The lowest BCUT2D eigenvalue weighted by Gasteiger charge is -2.16. The summed E-state index contributed by atoms with van der Waals surface area (Å²) in [6, 6.07) is 5.45. The van der Waals surface area contributed by atoms with Gasteiger partial charge < -0.3 is 32.3 Å². The van der Waals surface area contributed by atoms with Crippen LogP contribution in [0, 0.1) is 27.7 Å². The van der Waals surface area contributed by atoms with Crippen LogP contribution >= 0.6 is 0 Å². The Balaban J connectivity index is 1.59. The van der Waals surface area contributed by atoms with Crippen molar-refractivity contribution in [1.29, 1.82) is 0 Å². The third-order valence-corrected chi connectivity index (χ3v) is 6.59. The number of unbranched alkanes of at least 4 members (excludes halogenated alkanes) is 3. The number of nitrogens with two attached hydrogens (primary N) is 2. The predicted octanol–water partition coefficient (Wildman–Crippen LogP) is 2.56. The van der Waals surface area contributed by atoms with Crippen LogP contribution in [0.5, 0.6) is 11.5 Å². The molecule has 0 aliphatic heterocycles. The van der Waals surface area contributed by atoms with Crippen LogP contribution < -0.4 is 22.1 Å². The van der Waals surface area contributed by atoms with Gasteiger partial charge in [-0.3, -0.25) is 9.59 Å². The molecule has 8 heteroatoms. The van der Waals surface area contributed by atoms with Gasteiger partial charge in [-0.15, -0.1) is 0 Å². The van der Waals surface area contributed by atoms with Crippen molar-refractivity contribution >= 4 is 11.8 Å². The summed E-state index contributed by atoms with van der Waals surface area (Å²) in [7, 11) is 0. The average Bonchev–Trinajstić information content (AvgIpc) is 2.79. The standard InChI is InChI=1S/C28H42N4O4/c1-17-11-21(33)12-18(2)23(17)15-25(29)27(35)31-9-7-5-6-8-10-32-28(36)26(30)16-24-19(3)13-22(34)14-20(24)4/h11-14,25-26,33-34H,5-10,15-16,29-30H2,1-4H3,(H,31,35)(H,32,36)/t25-,26+. The van der Waals surface area contributed by atoms with Crippen molar-refractivity contribution in [1.82, 2.24) is 10.6 Å². The number of amides is 2. The minimum atomic E-state index is -0.638. The molecule has 0 fully saturated rings. The number of nitrogens with one attached hydrogen (secondary N) is 2. The van der Waals surface area contributed by atoms with E-state index in [4.69, 9.17) is 11.5 Å². The lowest BCUT2D eigenvalue weighted by molar-refractivity contribution is -0.123. The topological polar surface area (TPSA) is 151 Å². The van der Waals surface area contributed by atoms with E-state index in [-0.39, 0.29) is 23.3 Å². The molecule has 2 amide bonds. The molecule has 0 heterocycles. The number of aryl methyl sites for hydroxylation is 4. The second-order valence-electron chi connectivity index (χ2n) is 9.73. The Labute approximate surface area is 214 Å². The summed E-state index contributed by atoms with van der Waals surface area (Å²) in [6.07, 6.45) is 4.39. The van der Waals surface area contributed by atoms with Crippen molar-refractivity contribution in [3.05, 3.63) is 57.6 Å². The molecule has 0 radical (unpaired) electrons. The molecule has 2 atom stereocenters. The smallest absolute Gasteiger partial charge is 0.237 e. The SMILES string of the molecule is Cc1cc(O)cc(C)c1C[C@@H](N)C(=O)NCCCCCCNC(=O)[C@@H](N)Cc1c(C)cc(O)cc1C. The van der Waals surface area contributed by atoms with Crippen molar-refractivity contribution in [2.24, 2.45) is 11.5 Å². The predicted molar refractivity (Wildman–Crippen MR) is 143 cm³/mol. The molecule has 36 heavy (non-hydrogen) atoms. The van der Waals surface area contributed by atoms with E-state index in [1.807, 2.05) is 27.7 Å². The summed E-state index contributed by atoms with van der Waals surface area (Å²) in [4.78, 5) is 24.7. The Morgan fingerprint density at radius 2 is 0.972 bits per heavy atom. The van der Waals surface area contributed by atoms with E-state index < -0.39 is 12.1 Å². The zero-order valence-electron chi connectivity index (χ0n) is 22.0. The number of rotatable bonds is 13. The van der Waals surface area contributed by atoms with Gasteiger partial charge in [0.25, 0.3) is 0 Å². The van der Waals surface area contributed by atoms with Crippen molar-refractivity contribution in [3.63, 3.8) is 0 Å². The molecule has 0 bridgehead atoms. The van der Waals surface area contributed by atoms with Crippen LogP contribution in [0.15, 0.2) is 24.3 Å². The van der Waals surface area contributed by atoms with Crippen LogP contribution in [0.4, 0.5) is 0 Å². The second-order valence-corrected chi connectivity index (χ2v) is 9.73. The van der Waals surface area contributed by atoms with Crippen molar-refractivity contribution in [3.8, 4) is 11.5 Å². The molecule has 0 aliphatic carbocycles. The summed E-state index contributed by atoms with van der Waals surface area (Å²) >= 11 is 0. The Bertz CT molecular complexity index is 924. The number of hydrogen-bond donors (Lipinski definition) is 6. The van der Waals surface area contributed by atoms with E-state index in [1.54, 1.807) is 24.3 Å². The van der Waals surface area contributed by atoms with Gasteiger partial charge in [0, 0.05) is 13.1 Å². The zero-order chi connectivity index (χ0) is 26.8. The normalized spacial score (nSPS) is 12.7. The summed E-state index contributed by atoms with van der Waals surface area (Å²) in [5.41, 5.74) is 17.9. The average molecular weight is 499 g/mol. The Morgan fingerprint density at radius 1 is 0.667 bits per heavy atom. The first-order valence-electron chi connectivity index (χ1n) is 12.6. The summed E-state index contributed by atoms with van der Waals surface area (Å²) in [5.74, 6) is 0.0753. The van der Waals surface area contributed by atoms with Gasteiger partial charge in [0.2, 0.25) is 11.8 Å². The van der Waals surface area contributed by atoms with Gasteiger partial charge in [-0.2, -0.15) is 0 Å². The lowest BCUT2D eigenvalue weighted by atomic mass is 9.96. The summed E-state index contributed by atoms with van der Waals surface area (Å²) in [5, 5.41) is 25.1. The third kappa shape index (κ3) is 8.84. The van der Waals surface area contributed by atoms with Gasteiger partial charge in [-0.05, 0) is 111 Å². The molecule has 0 saturated carbocycles. The maximum atomic E-state index is 12.3. The zero-order valence-corrected chi connectivity index (χ0v) is 22.0. The monoisotopic (exact) mass is 498 g/mol. The maximum absolute atomic E-state index is 12.3. The quantitative estimate of drug-likeness (QED) is 0.234. The largest absolute Gasteiger partial charge is 0.508 e. The fraction of sp³-hybridized carbons (Fsp3) is 0.500. The number of aromatic hydroxyl groups is 2. The number of benzene rings is 2. The number of carbonyl (C=O) groups excluding carboxylic acids is 2. The fourth-order valence-electron chi connectivity index (χ4n) is 4.50. The molecular weight excluding hydrogens is 456 g/mol. The van der Waals surface area contributed by atoms with Crippen molar-refractivity contribution in [2.45, 2.75) is 78.3 Å². The highest BCUT2D eigenvalue weighted by molar-refractivity contribution is 5.82. The van der Waals surface area contributed by atoms with Gasteiger partial charge in [0.15, 0.2) is 0 Å². The maximum Gasteiger partial charge on any atom is 0.237 e. The number of phenols is 2. The Kier molecular flexibility index (Phi) is 11.2. The van der Waals surface area contributed by atoms with Crippen LogP contribution in [0.3, 0.4) is 0 Å². The van der Waals surface area contributed by atoms with Crippen molar-refractivity contribution in [2.75, 3.05) is 13.1 Å². The molecule has 0 aliphatic rings. The summed E-state index contributed by atoms with van der Waals surface area (Å²) in [6.45, 7) is 8.73. The first kappa shape index (κ1) is 29.1. The minimum absolute atomic E-state index is 0.178. The van der Waals surface area contributed by atoms with Gasteiger partial charge >= 0.3 is 0 Å². The van der Waals surface area contributed by atoms with E-state index in [0.29, 0.717) is 25.9 Å². The van der Waals surface area contributed by atoms with Gasteiger partial charge in [-0.25, -0.2) is 0 Å². The van der Waals surface area contributed by atoms with E-state index in [9.17, 15) is 19.8 Å². The van der Waals surface area contributed by atoms with Gasteiger partial charge in [-0.1, -0.05) is 12.8 Å².